The molecule has 0 aromatic rings. The summed E-state index contributed by atoms with van der Waals surface area (Å²) in [4.78, 5) is 0. The van der Waals surface area contributed by atoms with Gasteiger partial charge < -0.3 is 5.48 Å². The third kappa shape index (κ3) is 2.51. The average molecular weight is 224 g/mol. The van der Waals surface area contributed by atoms with Crippen LogP contribution in [0.4, 0.5) is 0 Å². The fraction of sp³-hybridized carbons (Fsp3) is 0.867. The molecule has 2 aliphatic carbocycles. The summed E-state index contributed by atoms with van der Waals surface area (Å²) in [6, 6.07) is 0. The Hall–Kier alpha value is -0.300. The molecule has 0 spiro atoms. The van der Waals surface area contributed by atoms with Crippen molar-refractivity contribution >= 4 is 0 Å². The van der Waals surface area contributed by atoms with Crippen LogP contribution >= 0.6 is 0 Å². The minimum atomic E-state index is 0. The molecule has 2 rings (SSSR count). The van der Waals surface area contributed by atoms with Crippen LogP contribution in [0, 0.1) is 23.2 Å². The molecular weight excluding hydrogens is 196 g/mol. The van der Waals surface area contributed by atoms with E-state index in [2.05, 4.69) is 33.8 Å². The number of hydrogen-bond acceptors (Lipinski definition) is 0. The predicted octanol–water partition coefficient (Wildman–Crippen LogP) is 3.98. The van der Waals surface area contributed by atoms with Crippen LogP contribution in [0.5, 0.6) is 0 Å². The second-order valence-corrected chi connectivity index (χ2v) is 6.61. The van der Waals surface area contributed by atoms with Gasteiger partial charge in [-0.2, -0.15) is 0 Å². The molecular formula is C15H28O. The Bertz CT molecular complexity index is 265. The van der Waals surface area contributed by atoms with E-state index in [0.29, 0.717) is 5.41 Å². The van der Waals surface area contributed by atoms with Gasteiger partial charge in [-0.05, 0) is 62.2 Å². The average Bonchev–Trinajstić information content (AvgIpc) is 2.18. The lowest BCUT2D eigenvalue weighted by Crippen LogP contribution is -2.46. The highest BCUT2D eigenvalue weighted by atomic mass is 16.0. The van der Waals surface area contributed by atoms with Crippen molar-refractivity contribution in [1.82, 2.24) is 0 Å². The number of rotatable bonds is 0. The third-order valence-electron chi connectivity index (χ3n) is 4.98. The normalized spacial score (nSPS) is 41.0. The van der Waals surface area contributed by atoms with Crippen molar-refractivity contribution in [2.45, 2.75) is 59.8 Å². The molecule has 0 aliphatic heterocycles. The molecule has 0 saturated heterocycles. The van der Waals surface area contributed by atoms with Crippen molar-refractivity contribution in [2.75, 3.05) is 0 Å². The van der Waals surface area contributed by atoms with Crippen LogP contribution in [-0.2, 0) is 0 Å². The largest absolute Gasteiger partial charge is 0.412 e. The zero-order valence-electron chi connectivity index (χ0n) is 11.3. The fourth-order valence-corrected chi connectivity index (χ4v) is 3.81. The molecule has 0 aromatic carbocycles. The Balaban J connectivity index is 0.00000128. The van der Waals surface area contributed by atoms with E-state index in [9.17, 15) is 0 Å². The molecule has 0 bridgehead atoms. The molecule has 1 nitrogen and oxygen atoms in total. The first-order chi connectivity index (χ1) is 7.00. The van der Waals surface area contributed by atoms with Gasteiger partial charge >= 0.3 is 0 Å². The van der Waals surface area contributed by atoms with Crippen LogP contribution in [0.15, 0.2) is 11.6 Å². The van der Waals surface area contributed by atoms with Crippen molar-refractivity contribution in [2.24, 2.45) is 23.2 Å². The Morgan fingerprint density at radius 2 is 1.94 bits per heavy atom. The van der Waals surface area contributed by atoms with E-state index in [4.69, 9.17) is 0 Å². The molecule has 16 heavy (non-hydrogen) atoms. The fourth-order valence-electron chi connectivity index (χ4n) is 3.81. The topological polar surface area (TPSA) is 31.5 Å². The van der Waals surface area contributed by atoms with Crippen LogP contribution in [0.3, 0.4) is 0 Å². The van der Waals surface area contributed by atoms with Crippen molar-refractivity contribution in [1.29, 1.82) is 0 Å². The van der Waals surface area contributed by atoms with Gasteiger partial charge in [0.15, 0.2) is 0 Å². The number of fused-ring (bicyclic) bond motifs is 1. The maximum absolute atomic E-state index is 2.48. The van der Waals surface area contributed by atoms with Crippen molar-refractivity contribution < 1.29 is 5.48 Å². The lowest BCUT2D eigenvalue weighted by Gasteiger charge is -2.54. The monoisotopic (exact) mass is 224 g/mol. The highest BCUT2D eigenvalue weighted by Gasteiger charge is 2.48. The maximum atomic E-state index is 2.48. The standard InChI is InChI=1S/C15H26.H2O/c1-11-6-5-7-12(2)13-10-15(3,4)14(13)9-8-11;/h6,12-14H,5,7-10H2,1-4H3;1H2/b11-6-;. The second kappa shape index (κ2) is 4.91. The van der Waals surface area contributed by atoms with Gasteiger partial charge in [-0.3, -0.25) is 0 Å². The summed E-state index contributed by atoms with van der Waals surface area (Å²) >= 11 is 0. The molecule has 0 amide bonds. The molecule has 1 saturated carbocycles. The summed E-state index contributed by atoms with van der Waals surface area (Å²) in [5.74, 6) is 2.97. The molecule has 1 heteroatoms. The van der Waals surface area contributed by atoms with Crippen molar-refractivity contribution in [3.8, 4) is 0 Å². The minimum Gasteiger partial charge on any atom is -0.412 e. The molecule has 94 valence electrons. The molecule has 3 unspecified atom stereocenters. The van der Waals surface area contributed by atoms with Gasteiger partial charge in [-0.1, -0.05) is 32.4 Å². The van der Waals surface area contributed by atoms with Crippen LogP contribution in [0.2, 0.25) is 0 Å². The lowest BCUT2D eigenvalue weighted by molar-refractivity contribution is -0.0483. The van der Waals surface area contributed by atoms with E-state index in [1.165, 1.54) is 32.1 Å². The van der Waals surface area contributed by atoms with Gasteiger partial charge in [0, 0.05) is 0 Å². The van der Waals surface area contributed by atoms with E-state index in [0.717, 1.165) is 17.8 Å². The number of hydrogen-bond donors (Lipinski definition) is 0. The molecule has 2 aliphatic rings. The Morgan fingerprint density at radius 1 is 1.25 bits per heavy atom. The summed E-state index contributed by atoms with van der Waals surface area (Å²) in [5.41, 5.74) is 2.26. The van der Waals surface area contributed by atoms with Crippen molar-refractivity contribution in [3.63, 3.8) is 0 Å². The van der Waals surface area contributed by atoms with E-state index in [-0.39, 0.29) is 5.48 Å². The van der Waals surface area contributed by atoms with E-state index >= 15 is 0 Å². The highest BCUT2D eigenvalue weighted by Crippen LogP contribution is 2.56. The quantitative estimate of drug-likeness (QED) is 0.557. The Kier molecular flexibility index (Phi) is 4.23. The maximum Gasteiger partial charge on any atom is -0.0320 e. The van der Waals surface area contributed by atoms with Gasteiger partial charge in [0.2, 0.25) is 0 Å². The Morgan fingerprint density at radius 3 is 2.56 bits per heavy atom. The first-order valence-corrected chi connectivity index (χ1v) is 6.66. The van der Waals surface area contributed by atoms with E-state index in [1.54, 1.807) is 5.57 Å². The summed E-state index contributed by atoms with van der Waals surface area (Å²) < 4.78 is 0. The van der Waals surface area contributed by atoms with Crippen LogP contribution < -0.4 is 0 Å². The van der Waals surface area contributed by atoms with Gasteiger partial charge in [0.25, 0.3) is 0 Å². The highest BCUT2D eigenvalue weighted by molar-refractivity contribution is 5.05. The van der Waals surface area contributed by atoms with Crippen LogP contribution in [0.25, 0.3) is 0 Å². The summed E-state index contributed by atoms with van der Waals surface area (Å²) in [6.45, 7) is 9.73. The Labute approximate surface area is 101 Å². The zero-order valence-corrected chi connectivity index (χ0v) is 11.3. The van der Waals surface area contributed by atoms with E-state index < -0.39 is 0 Å². The molecule has 0 aromatic heterocycles. The van der Waals surface area contributed by atoms with E-state index in [1.807, 2.05) is 0 Å². The molecule has 2 N–H and O–H groups in total. The van der Waals surface area contributed by atoms with Crippen molar-refractivity contribution in [3.05, 3.63) is 11.6 Å². The molecule has 3 atom stereocenters. The summed E-state index contributed by atoms with van der Waals surface area (Å²) in [7, 11) is 0. The molecule has 0 heterocycles. The van der Waals surface area contributed by atoms with Gasteiger partial charge in [-0.25, -0.2) is 0 Å². The van der Waals surface area contributed by atoms with Gasteiger partial charge in [-0.15, -0.1) is 0 Å². The minimum absolute atomic E-state index is 0. The predicted molar refractivity (Wildman–Crippen MR) is 70.4 cm³/mol. The number of allylic oxidation sites excluding steroid dienone is 2. The first-order valence-electron chi connectivity index (χ1n) is 6.66. The van der Waals surface area contributed by atoms with Gasteiger partial charge in [0.1, 0.15) is 0 Å². The molecule has 0 radical (unpaired) electrons. The summed E-state index contributed by atoms with van der Waals surface area (Å²) in [6.07, 6.45) is 9.46. The summed E-state index contributed by atoms with van der Waals surface area (Å²) in [5, 5.41) is 0. The lowest BCUT2D eigenvalue weighted by atomic mass is 9.51. The SMILES string of the molecule is C/C1=C/CCC(C)C2CC(C)(C)C2CC1.O. The second-order valence-electron chi connectivity index (χ2n) is 6.61. The molecule has 1 fully saturated rings. The van der Waals surface area contributed by atoms with Gasteiger partial charge in [0.05, 0.1) is 0 Å². The smallest absolute Gasteiger partial charge is 0.0320 e. The van der Waals surface area contributed by atoms with Crippen LogP contribution in [0.1, 0.15) is 59.8 Å². The zero-order chi connectivity index (χ0) is 11.1. The third-order valence-corrected chi connectivity index (χ3v) is 4.98. The van der Waals surface area contributed by atoms with Crippen LogP contribution in [-0.4, -0.2) is 5.48 Å². The first kappa shape index (κ1) is 13.8.